The van der Waals surface area contributed by atoms with Crippen molar-refractivity contribution in [2.45, 2.75) is 104 Å². The van der Waals surface area contributed by atoms with Gasteiger partial charge < -0.3 is 15.3 Å². The fourth-order valence-electron chi connectivity index (χ4n) is 2.18. The van der Waals surface area contributed by atoms with Crippen LogP contribution in [0.2, 0.25) is 0 Å². The highest BCUT2D eigenvalue weighted by molar-refractivity contribution is 4.45. The van der Waals surface area contributed by atoms with Crippen LogP contribution in [0.5, 0.6) is 0 Å². The summed E-state index contributed by atoms with van der Waals surface area (Å²) in [6.45, 7) is 3.26. The molecule has 0 aliphatic rings. The molecule has 0 aromatic rings. The lowest BCUT2D eigenvalue weighted by molar-refractivity contribution is 0.278. The molecule has 0 fully saturated rings. The second kappa shape index (κ2) is 29.0. The standard InChI is InChI=1S/C9H20O2.C9H20O.CH4/c10-8-6-4-2-1-3-5-7-9-11;1-2-3-4-5-6-7-8-9-10;/h10-11H,1-9H2;10H,2-9H2,1H3;1H4. The highest BCUT2D eigenvalue weighted by atomic mass is 16.3. The summed E-state index contributed by atoms with van der Waals surface area (Å²) in [4.78, 5) is 0. The summed E-state index contributed by atoms with van der Waals surface area (Å²) < 4.78 is 0. The minimum atomic E-state index is 0. The van der Waals surface area contributed by atoms with E-state index in [1.54, 1.807) is 0 Å². The highest BCUT2D eigenvalue weighted by Crippen LogP contribution is 2.06. The van der Waals surface area contributed by atoms with Crippen molar-refractivity contribution >= 4 is 0 Å². The van der Waals surface area contributed by atoms with Gasteiger partial charge in [0.05, 0.1) is 0 Å². The molecule has 0 saturated heterocycles. The van der Waals surface area contributed by atoms with Crippen molar-refractivity contribution in [1.29, 1.82) is 0 Å². The van der Waals surface area contributed by atoms with Gasteiger partial charge in [0.1, 0.15) is 0 Å². The summed E-state index contributed by atoms with van der Waals surface area (Å²) in [6, 6.07) is 0. The summed E-state index contributed by atoms with van der Waals surface area (Å²) in [5, 5.41) is 25.4. The molecule has 0 amide bonds. The van der Waals surface area contributed by atoms with Gasteiger partial charge in [-0.3, -0.25) is 0 Å². The van der Waals surface area contributed by atoms with Gasteiger partial charge in [0.25, 0.3) is 0 Å². The van der Waals surface area contributed by atoms with Gasteiger partial charge in [0, 0.05) is 19.8 Å². The zero-order chi connectivity index (χ0) is 16.0. The van der Waals surface area contributed by atoms with E-state index >= 15 is 0 Å². The van der Waals surface area contributed by atoms with Crippen molar-refractivity contribution in [3.63, 3.8) is 0 Å². The van der Waals surface area contributed by atoms with E-state index in [4.69, 9.17) is 15.3 Å². The molecular formula is C19H44O3. The molecule has 0 spiro atoms. The lowest BCUT2D eigenvalue weighted by atomic mass is 10.1. The van der Waals surface area contributed by atoms with Gasteiger partial charge >= 0.3 is 0 Å². The summed E-state index contributed by atoms with van der Waals surface area (Å²) in [5.74, 6) is 0. The molecule has 0 aromatic carbocycles. The molecule has 3 N–H and O–H groups in total. The Bertz CT molecular complexity index is 136. The fourth-order valence-corrected chi connectivity index (χ4v) is 2.18. The molecule has 0 radical (unpaired) electrons. The number of aliphatic hydroxyl groups excluding tert-OH is 3. The number of rotatable bonds is 15. The average molecular weight is 321 g/mol. The Kier molecular flexibility index (Phi) is 35.2. The van der Waals surface area contributed by atoms with E-state index in [0.29, 0.717) is 19.8 Å². The Balaban J connectivity index is -0.000000315. The van der Waals surface area contributed by atoms with E-state index in [-0.39, 0.29) is 7.43 Å². The zero-order valence-electron chi connectivity index (χ0n) is 14.4. The molecule has 0 bridgehead atoms. The quantitative estimate of drug-likeness (QED) is 0.369. The van der Waals surface area contributed by atoms with Crippen molar-refractivity contribution in [3.8, 4) is 0 Å². The summed E-state index contributed by atoms with van der Waals surface area (Å²) in [7, 11) is 0. The van der Waals surface area contributed by atoms with Gasteiger partial charge in [0.2, 0.25) is 0 Å². The predicted molar refractivity (Wildman–Crippen MR) is 98.3 cm³/mol. The van der Waals surface area contributed by atoms with E-state index in [2.05, 4.69) is 6.92 Å². The van der Waals surface area contributed by atoms with Crippen LogP contribution in [0.15, 0.2) is 0 Å². The third-order valence-corrected chi connectivity index (χ3v) is 3.58. The molecule has 0 aromatic heterocycles. The van der Waals surface area contributed by atoms with Crippen molar-refractivity contribution in [3.05, 3.63) is 0 Å². The molecule has 0 rings (SSSR count). The molecule has 22 heavy (non-hydrogen) atoms. The van der Waals surface area contributed by atoms with Crippen LogP contribution in [-0.2, 0) is 0 Å². The first kappa shape index (κ1) is 26.8. The number of hydrogen-bond acceptors (Lipinski definition) is 3. The summed E-state index contributed by atoms with van der Waals surface area (Å²) >= 11 is 0. The monoisotopic (exact) mass is 320 g/mol. The van der Waals surface area contributed by atoms with Gasteiger partial charge in [-0.15, -0.1) is 0 Å². The van der Waals surface area contributed by atoms with Crippen LogP contribution in [0.1, 0.15) is 104 Å². The molecule has 0 atom stereocenters. The van der Waals surface area contributed by atoms with Crippen LogP contribution in [0.3, 0.4) is 0 Å². The van der Waals surface area contributed by atoms with E-state index in [1.165, 1.54) is 57.8 Å². The Morgan fingerprint density at radius 3 is 0.864 bits per heavy atom. The van der Waals surface area contributed by atoms with E-state index in [0.717, 1.165) is 32.1 Å². The van der Waals surface area contributed by atoms with Crippen LogP contribution in [0.25, 0.3) is 0 Å². The maximum atomic E-state index is 8.47. The van der Waals surface area contributed by atoms with E-state index in [1.807, 2.05) is 0 Å². The van der Waals surface area contributed by atoms with Crippen LogP contribution >= 0.6 is 0 Å². The van der Waals surface area contributed by atoms with Crippen LogP contribution in [-0.4, -0.2) is 35.1 Å². The first-order chi connectivity index (χ1) is 10.3. The summed E-state index contributed by atoms with van der Waals surface area (Å²) in [5.41, 5.74) is 0. The Morgan fingerprint density at radius 2 is 0.636 bits per heavy atom. The molecule has 0 unspecified atom stereocenters. The number of hydrogen-bond donors (Lipinski definition) is 3. The molecular weight excluding hydrogens is 276 g/mol. The predicted octanol–water partition coefficient (Wildman–Crippen LogP) is 5.07. The second-order valence-electron chi connectivity index (χ2n) is 5.77. The maximum Gasteiger partial charge on any atom is 0.0431 e. The lowest BCUT2D eigenvalue weighted by Crippen LogP contribution is -1.85. The minimum Gasteiger partial charge on any atom is -0.396 e. The molecule has 0 heterocycles. The Morgan fingerprint density at radius 1 is 0.409 bits per heavy atom. The van der Waals surface area contributed by atoms with Gasteiger partial charge in [-0.25, -0.2) is 0 Å². The topological polar surface area (TPSA) is 60.7 Å². The molecule has 0 aliphatic heterocycles. The van der Waals surface area contributed by atoms with Gasteiger partial charge in [-0.05, 0) is 19.3 Å². The maximum absolute atomic E-state index is 8.47. The Labute approximate surface area is 140 Å². The SMILES string of the molecule is C.CCCCCCCCCO.OCCCCCCCCCO. The second-order valence-corrected chi connectivity index (χ2v) is 5.77. The van der Waals surface area contributed by atoms with Crippen molar-refractivity contribution < 1.29 is 15.3 Å². The lowest BCUT2D eigenvalue weighted by Gasteiger charge is -1.98. The van der Waals surface area contributed by atoms with Crippen LogP contribution < -0.4 is 0 Å². The Hall–Kier alpha value is -0.120. The van der Waals surface area contributed by atoms with E-state index < -0.39 is 0 Å². The molecule has 3 heteroatoms. The fraction of sp³-hybridized carbons (Fsp3) is 1.00. The smallest absolute Gasteiger partial charge is 0.0431 e. The number of unbranched alkanes of at least 4 members (excludes halogenated alkanes) is 12. The number of aliphatic hydroxyl groups is 3. The van der Waals surface area contributed by atoms with Gasteiger partial charge in [-0.1, -0.05) is 85.0 Å². The van der Waals surface area contributed by atoms with Gasteiger partial charge in [0.15, 0.2) is 0 Å². The van der Waals surface area contributed by atoms with E-state index in [9.17, 15) is 0 Å². The molecule has 0 aliphatic carbocycles. The normalized spacial score (nSPS) is 9.82. The molecule has 3 nitrogen and oxygen atoms in total. The van der Waals surface area contributed by atoms with Crippen molar-refractivity contribution in [1.82, 2.24) is 0 Å². The van der Waals surface area contributed by atoms with Gasteiger partial charge in [-0.2, -0.15) is 0 Å². The summed E-state index contributed by atoms with van der Waals surface area (Å²) in [6.07, 6.45) is 16.8. The average Bonchev–Trinajstić information content (AvgIpc) is 2.51. The first-order valence-corrected chi connectivity index (χ1v) is 9.16. The molecule has 0 saturated carbocycles. The highest BCUT2D eigenvalue weighted by Gasteiger charge is 1.90. The third kappa shape index (κ3) is 32.0. The van der Waals surface area contributed by atoms with Crippen LogP contribution in [0.4, 0.5) is 0 Å². The molecule has 138 valence electrons. The van der Waals surface area contributed by atoms with Crippen LogP contribution in [0, 0.1) is 0 Å². The van der Waals surface area contributed by atoms with Crippen molar-refractivity contribution in [2.24, 2.45) is 0 Å². The minimum absolute atomic E-state index is 0. The van der Waals surface area contributed by atoms with Crippen molar-refractivity contribution in [2.75, 3.05) is 19.8 Å². The zero-order valence-corrected chi connectivity index (χ0v) is 14.4. The third-order valence-electron chi connectivity index (χ3n) is 3.58. The first-order valence-electron chi connectivity index (χ1n) is 9.16. The largest absolute Gasteiger partial charge is 0.396 e.